The van der Waals surface area contributed by atoms with Gasteiger partial charge in [0.2, 0.25) is 0 Å². The second-order valence-electron chi connectivity index (χ2n) is 5.39. The Labute approximate surface area is 129 Å². The number of hydrogen-bond donors (Lipinski definition) is 0. The maximum atomic E-state index is 12.5. The van der Waals surface area contributed by atoms with Crippen LogP contribution < -0.4 is 0 Å². The van der Waals surface area contributed by atoms with Crippen molar-refractivity contribution in [3.8, 4) is 0 Å². The van der Waals surface area contributed by atoms with Crippen molar-refractivity contribution in [1.82, 2.24) is 14.8 Å². The normalized spacial score (nSPS) is 24.0. The van der Waals surface area contributed by atoms with Crippen molar-refractivity contribution in [2.24, 2.45) is 0 Å². The van der Waals surface area contributed by atoms with Crippen molar-refractivity contribution in [1.29, 1.82) is 0 Å². The average molecular weight is 307 g/mol. The largest absolute Gasteiger partial charge is 0.366 e. The molecule has 0 radical (unpaired) electrons. The molecule has 1 aromatic heterocycles. The van der Waals surface area contributed by atoms with Gasteiger partial charge >= 0.3 is 0 Å². The zero-order valence-corrected chi connectivity index (χ0v) is 12.9. The first-order chi connectivity index (χ1) is 10.3. The summed E-state index contributed by atoms with van der Waals surface area (Å²) >= 11 is 1.91. The van der Waals surface area contributed by atoms with Crippen molar-refractivity contribution in [2.45, 2.75) is 12.6 Å². The summed E-state index contributed by atoms with van der Waals surface area (Å²) < 4.78 is 5.71. The number of amides is 1. The zero-order chi connectivity index (χ0) is 14.5. The Bertz CT molecular complexity index is 465. The molecule has 114 valence electrons. The monoisotopic (exact) mass is 307 g/mol. The third kappa shape index (κ3) is 3.96. The molecule has 3 heterocycles. The second kappa shape index (κ2) is 7.24. The molecule has 3 rings (SSSR count). The SMILES string of the molecule is O=C(C1CN(Cc2ccncc2)CCO1)N1CCSCC1. The van der Waals surface area contributed by atoms with Gasteiger partial charge in [-0.3, -0.25) is 14.7 Å². The van der Waals surface area contributed by atoms with E-state index in [1.54, 1.807) is 0 Å². The lowest BCUT2D eigenvalue weighted by Gasteiger charge is -2.36. The predicted molar refractivity (Wildman–Crippen MR) is 83.2 cm³/mol. The third-order valence-electron chi connectivity index (χ3n) is 3.90. The van der Waals surface area contributed by atoms with Crippen molar-refractivity contribution < 1.29 is 9.53 Å². The van der Waals surface area contributed by atoms with Crippen LogP contribution in [0, 0.1) is 0 Å². The Hall–Kier alpha value is -1.11. The van der Waals surface area contributed by atoms with Crippen LogP contribution in [0.3, 0.4) is 0 Å². The fourth-order valence-corrected chi connectivity index (χ4v) is 3.63. The standard InChI is InChI=1S/C15H21N3O2S/c19-15(18-6-9-21-10-7-18)14-12-17(5-8-20-14)11-13-1-3-16-4-2-13/h1-4,14H,5-12H2. The molecule has 1 aromatic rings. The third-order valence-corrected chi connectivity index (χ3v) is 4.85. The minimum Gasteiger partial charge on any atom is -0.366 e. The number of thioether (sulfide) groups is 1. The summed E-state index contributed by atoms with van der Waals surface area (Å²) in [5.41, 5.74) is 1.23. The van der Waals surface area contributed by atoms with Gasteiger partial charge in [0.05, 0.1) is 6.61 Å². The molecule has 0 bridgehead atoms. The van der Waals surface area contributed by atoms with Crippen LogP contribution in [0.15, 0.2) is 24.5 Å². The van der Waals surface area contributed by atoms with Gasteiger partial charge < -0.3 is 9.64 Å². The van der Waals surface area contributed by atoms with E-state index in [1.807, 2.05) is 41.2 Å². The van der Waals surface area contributed by atoms with Crippen molar-refractivity contribution in [3.05, 3.63) is 30.1 Å². The molecule has 6 heteroatoms. The second-order valence-corrected chi connectivity index (χ2v) is 6.61. The molecule has 0 spiro atoms. The Morgan fingerprint density at radius 1 is 1.29 bits per heavy atom. The molecule has 2 aliphatic heterocycles. The molecule has 2 aliphatic rings. The lowest BCUT2D eigenvalue weighted by molar-refractivity contribution is -0.149. The van der Waals surface area contributed by atoms with Gasteiger partial charge in [-0.15, -0.1) is 0 Å². The van der Waals surface area contributed by atoms with E-state index in [1.165, 1.54) is 5.56 Å². The number of nitrogens with zero attached hydrogens (tertiary/aromatic N) is 3. The van der Waals surface area contributed by atoms with E-state index < -0.39 is 0 Å². The zero-order valence-electron chi connectivity index (χ0n) is 12.1. The minimum absolute atomic E-state index is 0.162. The molecule has 2 fully saturated rings. The molecule has 0 aliphatic carbocycles. The van der Waals surface area contributed by atoms with Gasteiger partial charge in [-0.25, -0.2) is 0 Å². The topological polar surface area (TPSA) is 45.7 Å². The van der Waals surface area contributed by atoms with Gasteiger partial charge in [0.1, 0.15) is 6.10 Å². The number of morpholine rings is 1. The molecule has 0 N–H and O–H groups in total. The van der Waals surface area contributed by atoms with Crippen molar-refractivity contribution >= 4 is 17.7 Å². The van der Waals surface area contributed by atoms with E-state index in [0.717, 1.165) is 37.7 Å². The van der Waals surface area contributed by atoms with E-state index in [0.29, 0.717) is 13.2 Å². The Morgan fingerprint density at radius 2 is 2.05 bits per heavy atom. The highest BCUT2D eigenvalue weighted by Gasteiger charge is 2.30. The number of pyridine rings is 1. The van der Waals surface area contributed by atoms with Crippen LogP contribution in [0.4, 0.5) is 0 Å². The fraction of sp³-hybridized carbons (Fsp3) is 0.600. The molecular weight excluding hydrogens is 286 g/mol. The van der Waals surface area contributed by atoms with Crippen molar-refractivity contribution in [3.63, 3.8) is 0 Å². The number of ether oxygens (including phenoxy) is 1. The lowest BCUT2D eigenvalue weighted by atomic mass is 10.2. The highest BCUT2D eigenvalue weighted by atomic mass is 32.2. The van der Waals surface area contributed by atoms with Crippen LogP contribution in [0.2, 0.25) is 0 Å². The van der Waals surface area contributed by atoms with Crippen LogP contribution in [-0.4, -0.2) is 71.1 Å². The molecule has 0 saturated carbocycles. The number of carbonyl (C=O) groups is 1. The first kappa shape index (κ1) is 14.8. The molecule has 2 saturated heterocycles. The summed E-state index contributed by atoms with van der Waals surface area (Å²) in [6.45, 7) is 4.75. The maximum absolute atomic E-state index is 12.5. The van der Waals surface area contributed by atoms with Crippen LogP contribution in [0.1, 0.15) is 5.56 Å². The molecule has 0 aromatic carbocycles. The van der Waals surface area contributed by atoms with Crippen LogP contribution in [0.25, 0.3) is 0 Å². The summed E-state index contributed by atoms with van der Waals surface area (Å²) in [6, 6.07) is 4.04. The van der Waals surface area contributed by atoms with Crippen LogP contribution in [0.5, 0.6) is 0 Å². The average Bonchev–Trinajstić information content (AvgIpc) is 2.56. The van der Waals surface area contributed by atoms with E-state index in [9.17, 15) is 4.79 Å². The highest BCUT2D eigenvalue weighted by Crippen LogP contribution is 2.15. The van der Waals surface area contributed by atoms with Gasteiger partial charge in [0.25, 0.3) is 5.91 Å². The Kier molecular flexibility index (Phi) is 5.11. The van der Waals surface area contributed by atoms with Crippen molar-refractivity contribution in [2.75, 3.05) is 44.3 Å². The molecule has 1 amide bonds. The number of hydrogen-bond acceptors (Lipinski definition) is 5. The van der Waals surface area contributed by atoms with E-state index in [2.05, 4.69) is 9.88 Å². The first-order valence-electron chi connectivity index (χ1n) is 7.42. The molecule has 1 unspecified atom stereocenters. The van der Waals surface area contributed by atoms with Crippen LogP contribution >= 0.6 is 11.8 Å². The Balaban J connectivity index is 1.56. The molecule has 5 nitrogen and oxygen atoms in total. The molecule has 1 atom stereocenters. The smallest absolute Gasteiger partial charge is 0.253 e. The predicted octanol–water partition coefficient (Wildman–Crippen LogP) is 0.858. The fourth-order valence-electron chi connectivity index (χ4n) is 2.73. The summed E-state index contributed by atoms with van der Waals surface area (Å²) in [7, 11) is 0. The lowest BCUT2D eigenvalue weighted by Crippen LogP contribution is -2.52. The summed E-state index contributed by atoms with van der Waals surface area (Å²) in [4.78, 5) is 20.8. The quantitative estimate of drug-likeness (QED) is 0.829. The number of carbonyl (C=O) groups excluding carboxylic acids is 1. The van der Waals surface area contributed by atoms with Gasteiger partial charge in [0, 0.05) is 56.6 Å². The molecule has 21 heavy (non-hydrogen) atoms. The summed E-state index contributed by atoms with van der Waals surface area (Å²) in [6.07, 6.45) is 3.32. The Morgan fingerprint density at radius 3 is 2.81 bits per heavy atom. The minimum atomic E-state index is -0.302. The van der Waals surface area contributed by atoms with Crippen LogP contribution in [-0.2, 0) is 16.1 Å². The number of aromatic nitrogens is 1. The van der Waals surface area contributed by atoms with Gasteiger partial charge in [-0.05, 0) is 17.7 Å². The van der Waals surface area contributed by atoms with Gasteiger partial charge in [0.15, 0.2) is 0 Å². The maximum Gasteiger partial charge on any atom is 0.253 e. The van der Waals surface area contributed by atoms with Gasteiger partial charge in [-0.1, -0.05) is 0 Å². The summed E-state index contributed by atoms with van der Waals surface area (Å²) in [5, 5.41) is 0. The van der Waals surface area contributed by atoms with E-state index >= 15 is 0 Å². The van der Waals surface area contributed by atoms with E-state index in [4.69, 9.17) is 4.74 Å². The van der Waals surface area contributed by atoms with E-state index in [-0.39, 0.29) is 12.0 Å². The summed E-state index contributed by atoms with van der Waals surface area (Å²) in [5.74, 6) is 2.24. The molecular formula is C15H21N3O2S. The number of rotatable bonds is 3. The highest BCUT2D eigenvalue weighted by molar-refractivity contribution is 7.99. The van der Waals surface area contributed by atoms with Gasteiger partial charge in [-0.2, -0.15) is 11.8 Å². The first-order valence-corrected chi connectivity index (χ1v) is 8.58.